The van der Waals surface area contributed by atoms with Gasteiger partial charge in [-0.25, -0.2) is 4.98 Å². The van der Waals surface area contributed by atoms with Crippen molar-refractivity contribution in [3.8, 4) is 0 Å². The first-order chi connectivity index (χ1) is 7.09. The van der Waals surface area contributed by atoms with Gasteiger partial charge in [-0.3, -0.25) is 0 Å². The summed E-state index contributed by atoms with van der Waals surface area (Å²) in [7, 11) is 0. The van der Waals surface area contributed by atoms with Crippen LogP contribution in [0.4, 0.5) is 5.82 Å². The molecule has 2 atom stereocenters. The number of nitrogens with two attached hydrogens (primary N) is 1. The standard InChI is InChI=1S/C11H15N3S/c1-6-3-4-13-11(9(6)10(12)15)14-8-5-7(8)2/h3-4,7-8H,5H2,1-2H3,(H2,12,15)(H,13,14). The van der Waals surface area contributed by atoms with Gasteiger partial charge in [-0.2, -0.15) is 0 Å². The molecule has 2 rings (SSSR count). The fourth-order valence-corrected chi connectivity index (χ4v) is 1.94. The molecule has 2 unspecified atom stereocenters. The molecule has 80 valence electrons. The molecular weight excluding hydrogens is 206 g/mol. The number of anilines is 1. The van der Waals surface area contributed by atoms with Gasteiger partial charge in [0.05, 0.1) is 5.56 Å². The SMILES string of the molecule is Cc1ccnc(NC2CC2C)c1C(N)=S. The summed E-state index contributed by atoms with van der Waals surface area (Å²) in [6, 6.07) is 2.46. The van der Waals surface area contributed by atoms with Gasteiger partial charge in [-0.15, -0.1) is 0 Å². The van der Waals surface area contributed by atoms with E-state index in [9.17, 15) is 0 Å². The van der Waals surface area contributed by atoms with E-state index < -0.39 is 0 Å². The average Bonchev–Trinajstić information content (AvgIpc) is 2.81. The smallest absolute Gasteiger partial charge is 0.136 e. The minimum absolute atomic E-state index is 0.413. The lowest BCUT2D eigenvalue weighted by Gasteiger charge is -2.11. The molecule has 0 aromatic carbocycles. The van der Waals surface area contributed by atoms with Gasteiger partial charge in [0, 0.05) is 12.2 Å². The first-order valence-electron chi connectivity index (χ1n) is 5.11. The molecule has 1 aromatic rings. The molecule has 0 radical (unpaired) electrons. The number of nitrogens with zero attached hydrogens (tertiary/aromatic N) is 1. The average molecular weight is 221 g/mol. The minimum atomic E-state index is 0.413. The molecule has 0 amide bonds. The molecule has 1 fully saturated rings. The Bertz CT molecular complexity index is 403. The zero-order chi connectivity index (χ0) is 11.0. The summed E-state index contributed by atoms with van der Waals surface area (Å²) in [5, 5.41) is 3.38. The highest BCUT2D eigenvalue weighted by atomic mass is 32.1. The van der Waals surface area contributed by atoms with Crippen LogP contribution in [-0.2, 0) is 0 Å². The molecule has 3 N–H and O–H groups in total. The second kappa shape index (κ2) is 3.77. The number of rotatable bonds is 3. The molecule has 0 saturated heterocycles. The Morgan fingerprint density at radius 1 is 1.67 bits per heavy atom. The van der Waals surface area contributed by atoms with Gasteiger partial charge in [0.25, 0.3) is 0 Å². The number of hydrogen-bond donors (Lipinski definition) is 2. The van der Waals surface area contributed by atoms with Gasteiger partial charge in [-0.1, -0.05) is 19.1 Å². The van der Waals surface area contributed by atoms with Gasteiger partial charge in [0.1, 0.15) is 10.8 Å². The van der Waals surface area contributed by atoms with Crippen molar-refractivity contribution in [2.45, 2.75) is 26.3 Å². The Hall–Kier alpha value is -1.16. The fraction of sp³-hybridized carbons (Fsp3) is 0.455. The molecule has 1 saturated carbocycles. The van der Waals surface area contributed by atoms with Gasteiger partial charge in [0.2, 0.25) is 0 Å². The molecule has 0 spiro atoms. The van der Waals surface area contributed by atoms with Crippen LogP contribution in [0.1, 0.15) is 24.5 Å². The van der Waals surface area contributed by atoms with Crippen molar-refractivity contribution >= 4 is 23.0 Å². The normalized spacial score (nSPS) is 23.6. The predicted octanol–water partition coefficient (Wildman–Crippen LogP) is 1.84. The van der Waals surface area contributed by atoms with Gasteiger partial charge in [-0.05, 0) is 30.9 Å². The summed E-state index contributed by atoms with van der Waals surface area (Å²) < 4.78 is 0. The van der Waals surface area contributed by atoms with E-state index in [1.165, 1.54) is 6.42 Å². The molecule has 0 bridgehead atoms. The van der Waals surface area contributed by atoms with Gasteiger partial charge in [0.15, 0.2) is 0 Å². The van der Waals surface area contributed by atoms with E-state index in [4.69, 9.17) is 18.0 Å². The highest BCUT2D eigenvalue weighted by Gasteiger charge is 2.33. The Morgan fingerprint density at radius 3 is 2.87 bits per heavy atom. The summed E-state index contributed by atoms with van der Waals surface area (Å²) in [6.45, 7) is 4.21. The summed E-state index contributed by atoms with van der Waals surface area (Å²) in [5.74, 6) is 1.56. The first kappa shape index (κ1) is 10.4. The number of nitrogens with one attached hydrogen (secondary N) is 1. The molecular formula is C11H15N3S. The Labute approximate surface area is 95.1 Å². The van der Waals surface area contributed by atoms with Crippen LogP contribution < -0.4 is 11.1 Å². The van der Waals surface area contributed by atoms with Crippen LogP contribution in [0.25, 0.3) is 0 Å². The Kier molecular flexibility index (Phi) is 2.61. The highest BCUT2D eigenvalue weighted by molar-refractivity contribution is 7.80. The number of thiocarbonyl (C=S) groups is 1. The molecule has 15 heavy (non-hydrogen) atoms. The van der Waals surface area contributed by atoms with Crippen molar-refractivity contribution in [3.05, 3.63) is 23.4 Å². The molecule has 3 nitrogen and oxygen atoms in total. The summed E-state index contributed by atoms with van der Waals surface area (Å²) in [4.78, 5) is 4.71. The highest BCUT2D eigenvalue weighted by Crippen LogP contribution is 2.33. The van der Waals surface area contributed by atoms with E-state index in [0.717, 1.165) is 22.9 Å². The lowest BCUT2D eigenvalue weighted by Crippen LogP contribution is -2.17. The van der Waals surface area contributed by atoms with Crippen molar-refractivity contribution in [3.63, 3.8) is 0 Å². The molecule has 1 heterocycles. The number of hydrogen-bond acceptors (Lipinski definition) is 3. The van der Waals surface area contributed by atoms with E-state index in [1.54, 1.807) is 6.20 Å². The van der Waals surface area contributed by atoms with Crippen molar-refractivity contribution in [2.75, 3.05) is 5.32 Å². The van der Waals surface area contributed by atoms with Gasteiger partial charge < -0.3 is 11.1 Å². The largest absolute Gasteiger partial charge is 0.389 e. The minimum Gasteiger partial charge on any atom is -0.389 e. The van der Waals surface area contributed by atoms with Crippen molar-refractivity contribution in [1.82, 2.24) is 4.98 Å². The van der Waals surface area contributed by atoms with Crippen LogP contribution >= 0.6 is 12.2 Å². The van der Waals surface area contributed by atoms with E-state index in [1.807, 2.05) is 13.0 Å². The second-order valence-electron chi connectivity index (χ2n) is 4.18. The first-order valence-corrected chi connectivity index (χ1v) is 5.52. The number of aromatic nitrogens is 1. The topological polar surface area (TPSA) is 50.9 Å². The molecule has 1 aliphatic rings. The Balaban J connectivity index is 2.29. The molecule has 0 aliphatic heterocycles. The maximum Gasteiger partial charge on any atom is 0.136 e. The summed E-state index contributed by atoms with van der Waals surface area (Å²) in [6.07, 6.45) is 2.99. The zero-order valence-electron chi connectivity index (χ0n) is 8.95. The summed E-state index contributed by atoms with van der Waals surface area (Å²) in [5.41, 5.74) is 7.66. The lowest BCUT2D eigenvalue weighted by molar-refractivity contribution is 0.923. The van der Waals surface area contributed by atoms with Crippen molar-refractivity contribution in [1.29, 1.82) is 0 Å². The number of aryl methyl sites for hydroxylation is 1. The zero-order valence-corrected chi connectivity index (χ0v) is 9.77. The van der Waals surface area contributed by atoms with E-state index in [2.05, 4.69) is 17.2 Å². The monoisotopic (exact) mass is 221 g/mol. The fourth-order valence-electron chi connectivity index (χ4n) is 1.68. The quantitative estimate of drug-likeness (QED) is 0.765. The molecule has 1 aliphatic carbocycles. The van der Waals surface area contributed by atoms with Crippen LogP contribution in [0.2, 0.25) is 0 Å². The van der Waals surface area contributed by atoms with E-state index >= 15 is 0 Å². The maximum absolute atomic E-state index is 5.70. The maximum atomic E-state index is 5.70. The van der Waals surface area contributed by atoms with Crippen molar-refractivity contribution < 1.29 is 0 Å². The third kappa shape index (κ3) is 2.09. The van der Waals surface area contributed by atoms with E-state index in [-0.39, 0.29) is 0 Å². The van der Waals surface area contributed by atoms with Crippen LogP contribution in [-0.4, -0.2) is 16.0 Å². The predicted molar refractivity (Wildman–Crippen MR) is 66.1 cm³/mol. The Morgan fingerprint density at radius 2 is 2.33 bits per heavy atom. The lowest BCUT2D eigenvalue weighted by atomic mass is 10.1. The van der Waals surface area contributed by atoms with Crippen LogP contribution in [0.5, 0.6) is 0 Å². The number of pyridine rings is 1. The molecule has 4 heteroatoms. The second-order valence-corrected chi connectivity index (χ2v) is 4.62. The third-order valence-electron chi connectivity index (χ3n) is 2.84. The molecule has 1 aromatic heterocycles. The van der Waals surface area contributed by atoms with Crippen molar-refractivity contribution in [2.24, 2.45) is 11.7 Å². The van der Waals surface area contributed by atoms with Gasteiger partial charge >= 0.3 is 0 Å². The van der Waals surface area contributed by atoms with Crippen LogP contribution in [0.3, 0.4) is 0 Å². The summed E-state index contributed by atoms with van der Waals surface area (Å²) >= 11 is 5.04. The van der Waals surface area contributed by atoms with Crippen LogP contribution in [0.15, 0.2) is 12.3 Å². The van der Waals surface area contributed by atoms with Crippen LogP contribution in [0, 0.1) is 12.8 Å². The third-order valence-corrected chi connectivity index (χ3v) is 3.04. The van der Waals surface area contributed by atoms with E-state index in [0.29, 0.717) is 11.0 Å².